The first-order chi connectivity index (χ1) is 12.7. The van der Waals surface area contributed by atoms with Gasteiger partial charge in [-0.05, 0) is 42.8 Å². The molecule has 5 nitrogen and oxygen atoms in total. The van der Waals surface area contributed by atoms with Crippen molar-refractivity contribution in [1.82, 2.24) is 10.3 Å². The molecule has 0 saturated heterocycles. The van der Waals surface area contributed by atoms with Crippen molar-refractivity contribution in [2.24, 2.45) is 0 Å². The molecule has 0 aliphatic carbocycles. The molecule has 1 aromatic heterocycles. The predicted octanol–water partition coefficient (Wildman–Crippen LogP) is 3.75. The molecular formula is C21H19N3O2. The molecule has 0 unspecified atom stereocenters. The molecule has 0 aliphatic heterocycles. The van der Waals surface area contributed by atoms with E-state index in [2.05, 4.69) is 27.5 Å². The summed E-state index contributed by atoms with van der Waals surface area (Å²) in [6.45, 7) is 2.47. The summed E-state index contributed by atoms with van der Waals surface area (Å²) in [4.78, 5) is 16.1. The van der Waals surface area contributed by atoms with Crippen molar-refractivity contribution in [3.63, 3.8) is 0 Å². The standard InChI is InChI=1S/C21H19N3O2/c1-16-6-4-8-18(14-16)24-21(25)23-11-2-3-13-26-19-10-9-17-7-5-12-22-20(17)15-19/h4-10,12,14-15H,11,13H2,1H3,(H2,23,24,25). The number of aromatic nitrogens is 1. The second-order valence-electron chi connectivity index (χ2n) is 5.68. The van der Waals surface area contributed by atoms with Crippen LogP contribution in [0.25, 0.3) is 10.9 Å². The van der Waals surface area contributed by atoms with E-state index >= 15 is 0 Å². The van der Waals surface area contributed by atoms with Gasteiger partial charge >= 0.3 is 6.03 Å². The molecule has 3 aromatic rings. The summed E-state index contributed by atoms with van der Waals surface area (Å²) in [5.74, 6) is 6.45. The van der Waals surface area contributed by atoms with E-state index in [0.717, 1.165) is 27.9 Å². The number of carbonyl (C=O) groups excluding carboxylic acids is 1. The van der Waals surface area contributed by atoms with Crippen molar-refractivity contribution in [3.05, 3.63) is 66.4 Å². The Hall–Kier alpha value is -3.52. The van der Waals surface area contributed by atoms with Crippen LogP contribution in [-0.2, 0) is 0 Å². The second kappa shape index (κ2) is 8.54. The average molecular weight is 345 g/mol. The highest BCUT2D eigenvalue weighted by Crippen LogP contribution is 2.18. The Bertz CT molecular complexity index is 973. The van der Waals surface area contributed by atoms with E-state index in [0.29, 0.717) is 0 Å². The highest BCUT2D eigenvalue weighted by atomic mass is 16.5. The Kier molecular flexibility index (Phi) is 5.69. The number of fused-ring (bicyclic) bond motifs is 1. The number of hydrogen-bond donors (Lipinski definition) is 2. The minimum absolute atomic E-state index is 0.250. The molecule has 1 heterocycles. The number of nitrogens with zero attached hydrogens (tertiary/aromatic N) is 1. The smallest absolute Gasteiger partial charge is 0.319 e. The normalized spacial score (nSPS) is 9.88. The van der Waals surface area contributed by atoms with Crippen LogP contribution >= 0.6 is 0 Å². The Morgan fingerprint density at radius 3 is 2.92 bits per heavy atom. The van der Waals surface area contributed by atoms with Crippen LogP contribution in [0.1, 0.15) is 5.56 Å². The molecule has 5 heteroatoms. The number of hydrogen-bond acceptors (Lipinski definition) is 3. The Labute approximate surface area is 152 Å². The zero-order valence-electron chi connectivity index (χ0n) is 14.5. The molecule has 130 valence electrons. The maximum Gasteiger partial charge on any atom is 0.319 e. The van der Waals surface area contributed by atoms with Crippen molar-refractivity contribution in [1.29, 1.82) is 0 Å². The first-order valence-corrected chi connectivity index (χ1v) is 8.25. The van der Waals surface area contributed by atoms with Crippen LogP contribution in [0.15, 0.2) is 60.8 Å². The molecule has 2 amide bonds. The zero-order chi connectivity index (χ0) is 18.2. The molecule has 0 aliphatic rings. The molecule has 0 radical (unpaired) electrons. The van der Waals surface area contributed by atoms with E-state index in [1.165, 1.54) is 0 Å². The molecule has 3 rings (SSSR count). The van der Waals surface area contributed by atoms with Crippen LogP contribution in [0, 0.1) is 18.8 Å². The number of amides is 2. The van der Waals surface area contributed by atoms with Crippen LogP contribution in [0.4, 0.5) is 10.5 Å². The van der Waals surface area contributed by atoms with Gasteiger partial charge in [-0.1, -0.05) is 30.0 Å². The van der Waals surface area contributed by atoms with Crippen molar-refractivity contribution in [2.75, 3.05) is 18.5 Å². The quantitative estimate of drug-likeness (QED) is 0.708. The average Bonchev–Trinajstić information content (AvgIpc) is 2.64. The van der Waals surface area contributed by atoms with Gasteiger partial charge in [-0.25, -0.2) is 4.79 Å². The highest BCUT2D eigenvalue weighted by molar-refractivity contribution is 5.89. The fraction of sp³-hybridized carbons (Fsp3) is 0.143. The van der Waals surface area contributed by atoms with E-state index in [9.17, 15) is 4.79 Å². The van der Waals surface area contributed by atoms with Gasteiger partial charge in [0.25, 0.3) is 0 Å². The van der Waals surface area contributed by atoms with E-state index in [4.69, 9.17) is 4.74 Å². The van der Waals surface area contributed by atoms with Gasteiger partial charge in [0.15, 0.2) is 0 Å². The number of urea groups is 1. The highest BCUT2D eigenvalue weighted by Gasteiger charge is 1.99. The number of pyridine rings is 1. The lowest BCUT2D eigenvalue weighted by atomic mass is 10.2. The van der Waals surface area contributed by atoms with Gasteiger partial charge in [-0.2, -0.15) is 0 Å². The van der Waals surface area contributed by atoms with Gasteiger partial charge in [0, 0.05) is 23.3 Å². The number of rotatable bonds is 4. The van der Waals surface area contributed by atoms with Crippen molar-refractivity contribution in [3.8, 4) is 17.6 Å². The molecule has 26 heavy (non-hydrogen) atoms. The predicted molar refractivity (Wildman–Crippen MR) is 103 cm³/mol. The molecule has 0 saturated carbocycles. The third-order valence-electron chi connectivity index (χ3n) is 3.63. The Balaban J connectivity index is 1.41. The molecule has 0 bridgehead atoms. The molecule has 0 fully saturated rings. The van der Waals surface area contributed by atoms with Gasteiger partial charge in [-0.15, -0.1) is 0 Å². The van der Waals surface area contributed by atoms with Gasteiger partial charge in [0.2, 0.25) is 0 Å². The summed E-state index contributed by atoms with van der Waals surface area (Å²) < 4.78 is 5.59. The number of aryl methyl sites for hydroxylation is 1. The summed E-state index contributed by atoms with van der Waals surface area (Å²) in [5.41, 5.74) is 2.72. The van der Waals surface area contributed by atoms with Crippen LogP contribution in [-0.4, -0.2) is 24.2 Å². The van der Waals surface area contributed by atoms with E-state index in [1.54, 1.807) is 6.20 Å². The molecule has 0 spiro atoms. The Morgan fingerprint density at radius 2 is 2.04 bits per heavy atom. The molecule has 2 aromatic carbocycles. The maximum absolute atomic E-state index is 11.8. The largest absolute Gasteiger partial charge is 0.481 e. The van der Waals surface area contributed by atoms with Gasteiger partial charge in [0.05, 0.1) is 12.1 Å². The van der Waals surface area contributed by atoms with Crippen molar-refractivity contribution >= 4 is 22.6 Å². The maximum atomic E-state index is 11.8. The second-order valence-corrected chi connectivity index (χ2v) is 5.68. The summed E-state index contributed by atoms with van der Waals surface area (Å²) in [6.07, 6.45) is 1.75. The lowest BCUT2D eigenvalue weighted by Crippen LogP contribution is -2.28. The monoisotopic (exact) mass is 345 g/mol. The summed E-state index contributed by atoms with van der Waals surface area (Å²) in [6, 6.07) is 16.9. The zero-order valence-corrected chi connectivity index (χ0v) is 14.5. The van der Waals surface area contributed by atoms with Crippen LogP contribution in [0.5, 0.6) is 5.75 Å². The summed E-state index contributed by atoms with van der Waals surface area (Å²) >= 11 is 0. The van der Waals surface area contributed by atoms with Gasteiger partial charge in [0.1, 0.15) is 12.4 Å². The van der Waals surface area contributed by atoms with Crippen molar-refractivity contribution in [2.45, 2.75) is 6.92 Å². The summed E-state index contributed by atoms with van der Waals surface area (Å²) in [5, 5.41) is 6.51. The van der Waals surface area contributed by atoms with Gasteiger partial charge in [-0.3, -0.25) is 4.98 Å². The van der Waals surface area contributed by atoms with Crippen LogP contribution in [0.3, 0.4) is 0 Å². The van der Waals surface area contributed by atoms with Crippen LogP contribution < -0.4 is 15.4 Å². The molecular weight excluding hydrogens is 326 g/mol. The number of ether oxygens (including phenoxy) is 1. The SMILES string of the molecule is Cc1cccc(NC(=O)NCC#CCOc2ccc3cccnc3c2)c1. The fourth-order valence-electron chi connectivity index (χ4n) is 2.39. The van der Waals surface area contributed by atoms with Crippen LogP contribution in [0.2, 0.25) is 0 Å². The number of benzene rings is 2. The summed E-state index contributed by atoms with van der Waals surface area (Å²) in [7, 11) is 0. The molecule has 2 N–H and O–H groups in total. The minimum Gasteiger partial charge on any atom is -0.481 e. The lowest BCUT2D eigenvalue weighted by Gasteiger charge is -2.05. The first-order valence-electron chi connectivity index (χ1n) is 8.25. The van der Waals surface area contributed by atoms with E-state index < -0.39 is 0 Å². The lowest BCUT2D eigenvalue weighted by molar-refractivity contribution is 0.253. The number of nitrogens with one attached hydrogen (secondary N) is 2. The van der Waals surface area contributed by atoms with E-state index in [1.807, 2.05) is 61.5 Å². The number of carbonyl (C=O) groups is 1. The topological polar surface area (TPSA) is 63.2 Å². The number of anilines is 1. The molecule has 0 atom stereocenters. The fourth-order valence-corrected chi connectivity index (χ4v) is 2.39. The van der Waals surface area contributed by atoms with Gasteiger partial charge < -0.3 is 15.4 Å². The van der Waals surface area contributed by atoms with E-state index in [-0.39, 0.29) is 19.2 Å². The minimum atomic E-state index is -0.286. The third kappa shape index (κ3) is 4.99. The first kappa shape index (κ1) is 17.3. The third-order valence-corrected chi connectivity index (χ3v) is 3.63. The van der Waals surface area contributed by atoms with Crippen molar-refractivity contribution < 1.29 is 9.53 Å². The Morgan fingerprint density at radius 1 is 1.12 bits per heavy atom.